The molecule has 0 unspecified atom stereocenters. The Labute approximate surface area is 206 Å². The fraction of sp³-hybridized carbons (Fsp3) is 0.308. The van der Waals surface area contributed by atoms with Crippen molar-refractivity contribution in [2.24, 2.45) is 4.99 Å². The van der Waals surface area contributed by atoms with E-state index in [0.717, 1.165) is 12.0 Å². The van der Waals surface area contributed by atoms with Crippen molar-refractivity contribution in [2.45, 2.75) is 32.7 Å². The van der Waals surface area contributed by atoms with E-state index in [2.05, 4.69) is 4.98 Å². The Balaban J connectivity index is 2.06. The van der Waals surface area contributed by atoms with Gasteiger partial charge in [-0.05, 0) is 49.2 Å². The normalized spacial score (nSPS) is 15.4. The molecule has 0 amide bonds. The van der Waals surface area contributed by atoms with Crippen LogP contribution in [0.3, 0.4) is 0 Å². The summed E-state index contributed by atoms with van der Waals surface area (Å²) in [5, 5.41) is 0. The highest BCUT2D eigenvalue weighted by Gasteiger charge is 2.36. The summed E-state index contributed by atoms with van der Waals surface area (Å²) in [4.78, 5) is 36.5. The van der Waals surface area contributed by atoms with E-state index in [1.165, 1.54) is 11.3 Å². The molecular weight excluding hydrogens is 466 g/mol. The summed E-state index contributed by atoms with van der Waals surface area (Å²) < 4.78 is 18.6. The van der Waals surface area contributed by atoms with Crippen LogP contribution >= 0.6 is 11.3 Å². The standard InChI is InChI=1S/C26H27N3O5S/c1-5-8-19-22(25(31)34-6-2)23(18-14-17(32-3)10-11-20(18)33-4)29-24(30)21(35-26(29)28-19)13-16-9-7-12-27-15-16/h7,9-15,23H,5-6,8H2,1-4H3/b21-13-/t23-/m1/s1. The minimum Gasteiger partial charge on any atom is -0.497 e. The third-order valence-electron chi connectivity index (χ3n) is 5.61. The molecule has 0 aliphatic carbocycles. The number of methoxy groups -OCH3 is 2. The Kier molecular flexibility index (Phi) is 7.45. The molecule has 0 bridgehead atoms. The van der Waals surface area contributed by atoms with Gasteiger partial charge in [0.15, 0.2) is 4.80 Å². The number of benzene rings is 1. The zero-order valence-corrected chi connectivity index (χ0v) is 20.9. The Morgan fingerprint density at radius 1 is 1.20 bits per heavy atom. The van der Waals surface area contributed by atoms with E-state index in [1.807, 2.05) is 19.1 Å². The third-order valence-corrected chi connectivity index (χ3v) is 6.59. The van der Waals surface area contributed by atoms with Gasteiger partial charge in [-0.2, -0.15) is 0 Å². The number of hydrogen-bond donors (Lipinski definition) is 0. The average Bonchev–Trinajstić information content (AvgIpc) is 3.18. The van der Waals surface area contributed by atoms with E-state index in [-0.39, 0.29) is 12.2 Å². The van der Waals surface area contributed by atoms with Crippen molar-refractivity contribution in [3.8, 4) is 11.5 Å². The number of thiazole rings is 1. The first-order valence-electron chi connectivity index (χ1n) is 11.4. The zero-order chi connectivity index (χ0) is 24.9. The Hall–Kier alpha value is -3.72. The minimum absolute atomic E-state index is 0.204. The second-order valence-corrected chi connectivity index (χ2v) is 8.82. The van der Waals surface area contributed by atoms with Gasteiger partial charge in [-0.3, -0.25) is 14.3 Å². The van der Waals surface area contributed by atoms with Crippen molar-refractivity contribution in [2.75, 3.05) is 20.8 Å². The Morgan fingerprint density at radius 2 is 2.03 bits per heavy atom. The van der Waals surface area contributed by atoms with Gasteiger partial charge in [0.2, 0.25) is 0 Å². The molecule has 8 nitrogen and oxygen atoms in total. The van der Waals surface area contributed by atoms with E-state index in [4.69, 9.17) is 19.2 Å². The van der Waals surface area contributed by atoms with Gasteiger partial charge in [0, 0.05) is 18.0 Å². The number of carbonyl (C=O) groups excluding carboxylic acids is 1. The molecule has 1 atom stereocenters. The monoisotopic (exact) mass is 493 g/mol. The first kappa shape index (κ1) is 24.4. The van der Waals surface area contributed by atoms with Crippen LogP contribution in [-0.2, 0) is 9.53 Å². The number of hydrogen-bond acceptors (Lipinski definition) is 8. The van der Waals surface area contributed by atoms with Crippen molar-refractivity contribution < 1.29 is 19.0 Å². The Morgan fingerprint density at radius 3 is 2.69 bits per heavy atom. The molecule has 35 heavy (non-hydrogen) atoms. The van der Waals surface area contributed by atoms with Crippen molar-refractivity contribution in [3.63, 3.8) is 0 Å². The summed E-state index contributed by atoms with van der Waals surface area (Å²) >= 11 is 1.28. The first-order valence-corrected chi connectivity index (χ1v) is 12.2. The molecule has 0 N–H and O–H groups in total. The SMILES string of the molecule is CCCC1=C(C(=O)OCC)[C@@H](c2cc(OC)ccc2OC)n2c(s/c(=C\c3cccnc3)c2=O)=N1. The maximum absolute atomic E-state index is 13.8. The van der Waals surface area contributed by atoms with Crippen molar-refractivity contribution >= 4 is 23.4 Å². The molecule has 9 heteroatoms. The summed E-state index contributed by atoms with van der Waals surface area (Å²) in [7, 11) is 3.12. The molecule has 0 fully saturated rings. The van der Waals surface area contributed by atoms with Crippen LogP contribution in [0.2, 0.25) is 0 Å². The van der Waals surface area contributed by atoms with Gasteiger partial charge in [-0.25, -0.2) is 9.79 Å². The van der Waals surface area contributed by atoms with Gasteiger partial charge in [-0.15, -0.1) is 0 Å². The van der Waals surface area contributed by atoms with Gasteiger partial charge in [0.25, 0.3) is 5.56 Å². The minimum atomic E-state index is -0.784. The van der Waals surface area contributed by atoms with E-state index in [1.54, 1.807) is 62.4 Å². The summed E-state index contributed by atoms with van der Waals surface area (Å²) in [5.74, 6) is 0.601. The number of esters is 1. The molecule has 0 saturated carbocycles. The van der Waals surface area contributed by atoms with Gasteiger partial charge < -0.3 is 14.2 Å². The molecule has 0 spiro atoms. The summed E-state index contributed by atoms with van der Waals surface area (Å²) in [6.45, 7) is 3.97. The molecule has 0 saturated heterocycles. The predicted molar refractivity (Wildman–Crippen MR) is 133 cm³/mol. The van der Waals surface area contributed by atoms with Crippen molar-refractivity contribution in [1.29, 1.82) is 0 Å². The smallest absolute Gasteiger partial charge is 0.338 e. The van der Waals surface area contributed by atoms with Crippen LogP contribution in [0.5, 0.6) is 11.5 Å². The lowest BCUT2D eigenvalue weighted by molar-refractivity contribution is -0.139. The zero-order valence-electron chi connectivity index (χ0n) is 20.1. The van der Waals surface area contributed by atoms with Crippen LogP contribution in [0, 0.1) is 0 Å². The van der Waals surface area contributed by atoms with Crippen LogP contribution in [0.25, 0.3) is 6.08 Å². The fourth-order valence-electron chi connectivity index (χ4n) is 4.08. The topological polar surface area (TPSA) is 92.0 Å². The second-order valence-electron chi connectivity index (χ2n) is 7.81. The number of allylic oxidation sites excluding steroid dienone is 1. The van der Waals surface area contributed by atoms with E-state index >= 15 is 0 Å². The fourth-order valence-corrected chi connectivity index (χ4v) is 5.10. The highest BCUT2D eigenvalue weighted by atomic mass is 32.1. The lowest BCUT2D eigenvalue weighted by atomic mass is 9.93. The highest BCUT2D eigenvalue weighted by molar-refractivity contribution is 7.07. The van der Waals surface area contributed by atoms with E-state index in [9.17, 15) is 9.59 Å². The van der Waals surface area contributed by atoms with Crippen LogP contribution in [0.1, 0.15) is 43.9 Å². The van der Waals surface area contributed by atoms with Crippen LogP contribution in [0.15, 0.2) is 63.8 Å². The number of pyridine rings is 1. The third kappa shape index (κ3) is 4.77. The van der Waals surface area contributed by atoms with Gasteiger partial charge in [-0.1, -0.05) is 30.7 Å². The molecule has 3 heterocycles. The van der Waals surface area contributed by atoms with Gasteiger partial charge >= 0.3 is 5.97 Å². The lowest BCUT2D eigenvalue weighted by Gasteiger charge is -2.27. The number of ether oxygens (including phenoxy) is 3. The summed E-state index contributed by atoms with van der Waals surface area (Å²) in [5.41, 5.74) is 2.10. The number of carbonyl (C=O) groups is 1. The van der Waals surface area contributed by atoms with E-state index in [0.29, 0.717) is 44.1 Å². The van der Waals surface area contributed by atoms with E-state index < -0.39 is 12.0 Å². The maximum Gasteiger partial charge on any atom is 0.338 e. The summed E-state index contributed by atoms with van der Waals surface area (Å²) in [6, 6.07) is 8.23. The van der Waals surface area contributed by atoms with Crippen molar-refractivity contribution in [3.05, 3.63) is 84.8 Å². The molecule has 1 aliphatic rings. The molecule has 4 rings (SSSR count). The Bertz CT molecular complexity index is 1440. The molecule has 1 aliphatic heterocycles. The van der Waals surface area contributed by atoms with Crippen LogP contribution < -0.4 is 24.4 Å². The summed E-state index contributed by atoms with van der Waals surface area (Å²) in [6.07, 6.45) is 6.48. The molecule has 0 radical (unpaired) electrons. The molecule has 182 valence electrons. The highest BCUT2D eigenvalue weighted by Crippen LogP contribution is 2.38. The van der Waals surface area contributed by atoms with Crippen LogP contribution in [-0.4, -0.2) is 36.3 Å². The largest absolute Gasteiger partial charge is 0.497 e. The van der Waals surface area contributed by atoms with Gasteiger partial charge in [0.05, 0.1) is 36.6 Å². The number of nitrogens with zero attached hydrogens (tertiary/aromatic N) is 3. The first-order chi connectivity index (χ1) is 17.0. The van der Waals surface area contributed by atoms with Crippen LogP contribution in [0.4, 0.5) is 0 Å². The number of aromatic nitrogens is 2. The second kappa shape index (κ2) is 10.7. The van der Waals surface area contributed by atoms with Crippen molar-refractivity contribution in [1.82, 2.24) is 9.55 Å². The molecule has 2 aromatic heterocycles. The predicted octanol–water partition coefficient (Wildman–Crippen LogP) is 2.99. The average molecular weight is 494 g/mol. The molecule has 1 aromatic carbocycles. The number of rotatable bonds is 8. The number of fused-ring (bicyclic) bond motifs is 1. The molecular formula is C26H27N3O5S. The quantitative estimate of drug-likeness (QED) is 0.448. The van der Waals surface area contributed by atoms with Gasteiger partial charge in [0.1, 0.15) is 17.5 Å². The molecule has 3 aromatic rings. The maximum atomic E-state index is 13.8. The lowest BCUT2D eigenvalue weighted by Crippen LogP contribution is -2.40.